The molecule has 5 nitrogen and oxygen atoms in total. The van der Waals surface area contributed by atoms with Crippen LogP contribution in [-0.4, -0.2) is 18.0 Å². The molecule has 0 amide bonds. The lowest BCUT2D eigenvalue weighted by Crippen LogP contribution is -2.25. The van der Waals surface area contributed by atoms with E-state index in [1.54, 1.807) is 54.9 Å². The van der Waals surface area contributed by atoms with Gasteiger partial charge in [-0.05, 0) is 54.6 Å². The van der Waals surface area contributed by atoms with Crippen molar-refractivity contribution in [3.8, 4) is 16.9 Å². The summed E-state index contributed by atoms with van der Waals surface area (Å²) in [4.78, 5) is 17.1. The first-order valence-corrected chi connectivity index (χ1v) is 10.6. The van der Waals surface area contributed by atoms with Crippen LogP contribution in [0.3, 0.4) is 0 Å². The molecule has 0 unspecified atom stereocenters. The largest absolute Gasteiger partial charge is 0.283 e. The standard InChI is InChI=1S/C22H15ClN2O3S/c23-17-9-11-19(12-10-17)29(27,28)21-14-16(20-8-4-5-13-24-20)15-25(22(21)26)18-6-2-1-3-7-18/h1-15H. The Kier molecular flexibility index (Phi) is 5.05. The van der Waals surface area contributed by atoms with Gasteiger partial charge in [0.25, 0.3) is 5.56 Å². The number of aromatic nitrogens is 2. The predicted octanol–water partition coefficient (Wildman–Crippen LogP) is 4.39. The second-order valence-corrected chi connectivity index (χ2v) is 8.63. The Balaban J connectivity index is 2.01. The first-order valence-electron chi connectivity index (χ1n) is 8.71. The van der Waals surface area contributed by atoms with Crippen molar-refractivity contribution in [3.05, 3.63) is 107 Å². The van der Waals surface area contributed by atoms with Crippen molar-refractivity contribution in [3.63, 3.8) is 0 Å². The highest BCUT2D eigenvalue weighted by molar-refractivity contribution is 7.91. The minimum Gasteiger partial charge on any atom is -0.283 e. The van der Waals surface area contributed by atoms with Crippen molar-refractivity contribution in [2.45, 2.75) is 9.79 Å². The summed E-state index contributed by atoms with van der Waals surface area (Å²) in [6.45, 7) is 0. The highest BCUT2D eigenvalue weighted by Crippen LogP contribution is 2.25. The fourth-order valence-electron chi connectivity index (χ4n) is 2.94. The van der Waals surface area contributed by atoms with Crippen LogP contribution >= 0.6 is 11.6 Å². The van der Waals surface area contributed by atoms with Crippen LogP contribution in [0.15, 0.2) is 106 Å². The maximum atomic E-state index is 13.3. The minimum atomic E-state index is -4.07. The van der Waals surface area contributed by atoms with Crippen molar-refractivity contribution < 1.29 is 8.42 Å². The number of benzene rings is 2. The van der Waals surface area contributed by atoms with Crippen LogP contribution in [0.5, 0.6) is 0 Å². The third-order valence-electron chi connectivity index (χ3n) is 4.39. The molecule has 0 spiro atoms. The normalized spacial score (nSPS) is 11.3. The molecule has 29 heavy (non-hydrogen) atoms. The molecule has 4 rings (SSSR count). The molecule has 144 valence electrons. The maximum absolute atomic E-state index is 13.3. The van der Waals surface area contributed by atoms with Gasteiger partial charge in [0.05, 0.1) is 10.6 Å². The smallest absolute Gasteiger partial charge is 0.274 e. The molecule has 0 N–H and O–H groups in total. The zero-order valence-corrected chi connectivity index (χ0v) is 16.6. The van der Waals surface area contributed by atoms with E-state index in [1.165, 1.54) is 34.9 Å². The van der Waals surface area contributed by atoms with Gasteiger partial charge < -0.3 is 0 Å². The molecule has 0 aliphatic carbocycles. The van der Waals surface area contributed by atoms with E-state index in [9.17, 15) is 13.2 Å². The van der Waals surface area contributed by atoms with Gasteiger partial charge in [-0.15, -0.1) is 0 Å². The molecule has 2 heterocycles. The van der Waals surface area contributed by atoms with Crippen LogP contribution in [0.25, 0.3) is 16.9 Å². The van der Waals surface area contributed by atoms with Gasteiger partial charge >= 0.3 is 0 Å². The molecular formula is C22H15ClN2O3S. The van der Waals surface area contributed by atoms with Crippen LogP contribution in [0.4, 0.5) is 0 Å². The number of hydrogen-bond donors (Lipinski definition) is 0. The molecule has 0 aliphatic rings. The van der Waals surface area contributed by atoms with E-state index in [0.29, 0.717) is 22.0 Å². The highest BCUT2D eigenvalue weighted by Gasteiger charge is 2.24. The van der Waals surface area contributed by atoms with Crippen molar-refractivity contribution in [2.24, 2.45) is 0 Å². The van der Waals surface area contributed by atoms with E-state index in [0.717, 1.165) is 0 Å². The molecular weight excluding hydrogens is 408 g/mol. The minimum absolute atomic E-state index is 0.00298. The number of halogens is 1. The van der Waals surface area contributed by atoms with Gasteiger partial charge in [-0.1, -0.05) is 35.9 Å². The van der Waals surface area contributed by atoms with Crippen molar-refractivity contribution in [1.29, 1.82) is 0 Å². The fourth-order valence-corrected chi connectivity index (χ4v) is 4.43. The second-order valence-electron chi connectivity index (χ2n) is 6.28. The molecule has 0 aliphatic heterocycles. The Morgan fingerprint density at radius 3 is 2.21 bits per heavy atom. The molecule has 0 atom stereocenters. The Bertz CT molecular complexity index is 1320. The van der Waals surface area contributed by atoms with Crippen LogP contribution in [0.2, 0.25) is 5.02 Å². The molecule has 0 bridgehead atoms. The SMILES string of the molecule is O=c1c(S(=O)(=O)c2ccc(Cl)cc2)cc(-c2ccccn2)cn1-c1ccccc1. The zero-order chi connectivity index (χ0) is 20.4. The Morgan fingerprint density at radius 2 is 1.55 bits per heavy atom. The lowest BCUT2D eigenvalue weighted by atomic mass is 10.2. The summed E-state index contributed by atoms with van der Waals surface area (Å²) in [5.41, 5.74) is 1.000. The summed E-state index contributed by atoms with van der Waals surface area (Å²) in [6, 6.07) is 21.3. The topological polar surface area (TPSA) is 69.0 Å². The monoisotopic (exact) mass is 422 g/mol. The van der Waals surface area contributed by atoms with E-state index < -0.39 is 15.4 Å². The maximum Gasteiger partial charge on any atom is 0.274 e. The molecule has 4 aromatic rings. The number of hydrogen-bond acceptors (Lipinski definition) is 4. The van der Waals surface area contributed by atoms with E-state index >= 15 is 0 Å². The van der Waals surface area contributed by atoms with Crippen molar-refractivity contribution in [1.82, 2.24) is 9.55 Å². The quantitative estimate of drug-likeness (QED) is 0.489. The number of para-hydroxylation sites is 1. The molecule has 2 aromatic carbocycles. The molecule has 0 radical (unpaired) electrons. The Morgan fingerprint density at radius 1 is 0.862 bits per heavy atom. The van der Waals surface area contributed by atoms with Crippen LogP contribution in [-0.2, 0) is 9.84 Å². The lowest BCUT2D eigenvalue weighted by molar-refractivity contribution is 0.594. The van der Waals surface area contributed by atoms with Crippen LogP contribution in [0, 0.1) is 0 Å². The summed E-state index contributed by atoms with van der Waals surface area (Å²) in [6.07, 6.45) is 3.21. The van der Waals surface area contributed by atoms with Crippen molar-refractivity contribution >= 4 is 21.4 Å². The first kappa shape index (κ1) is 19.1. The van der Waals surface area contributed by atoms with Gasteiger partial charge in [-0.2, -0.15) is 0 Å². The van der Waals surface area contributed by atoms with Gasteiger partial charge in [-0.25, -0.2) is 8.42 Å². The average molecular weight is 423 g/mol. The number of pyridine rings is 2. The van der Waals surface area contributed by atoms with Crippen LogP contribution in [0.1, 0.15) is 0 Å². The summed E-state index contributed by atoms with van der Waals surface area (Å²) in [5.74, 6) is 0. The van der Waals surface area contributed by atoms with Gasteiger partial charge in [0.1, 0.15) is 4.90 Å². The summed E-state index contributed by atoms with van der Waals surface area (Å²) < 4.78 is 27.8. The summed E-state index contributed by atoms with van der Waals surface area (Å²) in [7, 11) is -4.07. The number of sulfone groups is 1. The van der Waals surface area contributed by atoms with E-state index in [2.05, 4.69) is 4.98 Å². The Hall–Kier alpha value is -3.22. The zero-order valence-electron chi connectivity index (χ0n) is 15.1. The highest BCUT2D eigenvalue weighted by atomic mass is 35.5. The third kappa shape index (κ3) is 3.72. The first-order chi connectivity index (χ1) is 14.0. The van der Waals surface area contributed by atoms with Crippen LogP contribution < -0.4 is 5.56 Å². The molecule has 7 heteroatoms. The fraction of sp³-hybridized carbons (Fsp3) is 0. The van der Waals surface area contributed by atoms with E-state index in [1.807, 2.05) is 6.07 Å². The molecule has 2 aromatic heterocycles. The summed E-state index contributed by atoms with van der Waals surface area (Å²) in [5, 5.41) is 0.410. The van der Waals surface area contributed by atoms with Gasteiger partial charge in [0.2, 0.25) is 9.84 Å². The molecule has 0 fully saturated rings. The third-order valence-corrected chi connectivity index (χ3v) is 6.41. The number of rotatable bonds is 4. The van der Waals surface area contributed by atoms with Gasteiger partial charge in [0.15, 0.2) is 0 Å². The Labute approximate surface area is 172 Å². The van der Waals surface area contributed by atoms with Gasteiger partial charge in [0, 0.05) is 28.7 Å². The second kappa shape index (κ2) is 7.66. The average Bonchev–Trinajstić information content (AvgIpc) is 2.75. The predicted molar refractivity (Wildman–Crippen MR) is 112 cm³/mol. The molecule has 0 saturated carbocycles. The van der Waals surface area contributed by atoms with Gasteiger partial charge in [-0.3, -0.25) is 14.3 Å². The van der Waals surface area contributed by atoms with E-state index in [-0.39, 0.29) is 9.79 Å². The lowest BCUT2D eigenvalue weighted by Gasteiger charge is -2.12. The van der Waals surface area contributed by atoms with Crippen molar-refractivity contribution in [2.75, 3.05) is 0 Å². The molecule has 0 saturated heterocycles. The summed E-state index contributed by atoms with van der Waals surface area (Å²) >= 11 is 5.88. The van der Waals surface area contributed by atoms with E-state index in [4.69, 9.17) is 11.6 Å². The number of nitrogens with zero attached hydrogens (tertiary/aromatic N) is 2.